The van der Waals surface area contributed by atoms with Gasteiger partial charge < -0.3 is 16.0 Å². The van der Waals surface area contributed by atoms with Gasteiger partial charge in [-0.1, -0.05) is 0 Å². The number of likely N-dealkylation sites (tertiary alicyclic amines) is 2. The Hall–Kier alpha value is -0.650. The van der Waals surface area contributed by atoms with E-state index in [1.165, 1.54) is 0 Å². The molecule has 0 aromatic carbocycles. The van der Waals surface area contributed by atoms with Crippen LogP contribution in [0.2, 0.25) is 0 Å². The van der Waals surface area contributed by atoms with E-state index >= 15 is 0 Å². The second kappa shape index (κ2) is 7.38. The lowest BCUT2D eigenvalue weighted by Gasteiger charge is -2.35. The van der Waals surface area contributed by atoms with Crippen LogP contribution in [-0.2, 0) is 4.79 Å². The van der Waals surface area contributed by atoms with E-state index < -0.39 is 0 Å². The van der Waals surface area contributed by atoms with Gasteiger partial charge in [-0.3, -0.25) is 9.69 Å². The van der Waals surface area contributed by atoms with Gasteiger partial charge in [-0.2, -0.15) is 0 Å². The Morgan fingerprint density at radius 1 is 1.15 bits per heavy atom. The van der Waals surface area contributed by atoms with Crippen molar-refractivity contribution in [1.82, 2.24) is 15.1 Å². The molecule has 2 fully saturated rings. The third-order valence-corrected chi connectivity index (χ3v) is 4.62. The molecule has 0 aliphatic carbocycles. The molecule has 1 amide bonds. The highest BCUT2D eigenvalue weighted by Crippen LogP contribution is 2.13. The van der Waals surface area contributed by atoms with Crippen molar-refractivity contribution in [1.29, 1.82) is 0 Å². The van der Waals surface area contributed by atoms with E-state index in [1.54, 1.807) is 0 Å². The molecule has 20 heavy (non-hydrogen) atoms. The number of nitrogens with zero attached hydrogens (tertiary/aromatic N) is 2. The standard InChI is InChI=1S/C15H30N4O/c1-12(2)19-9-5-14(6-10-19)17-15(20)11-18-7-3-13(16)4-8-18/h12-14H,3-11,16H2,1-2H3,(H,17,20). The van der Waals surface area contributed by atoms with E-state index in [1.807, 2.05) is 0 Å². The van der Waals surface area contributed by atoms with Crippen LogP contribution in [0.1, 0.15) is 39.5 Å². The number of hydrogen-bond acceptors (Lipinski definition) is 4. The van der Waals surface area contributed by atoms with Crippen LogP contribution >= 0.6 is 0 Å². The molecule has 0 radical (unpaired) electrons. The number of hydrogen-bond donors (Lipinski definition) is 2. The molecule has 2 heterocycles. The Morgan fingerprint density at radius 2 is 1.75 bits per heavy atom. The Kier molecular flexibility index (Phi) is 5.81. The van der Waals surface area contributed by atoms with Crippen LogP contribution in [0.15, 0.2) is 0 Å². The molecular weight excluding hydrogens is 252 g/mol. The molecule has 0 saturated carbocycles. The molecule has 116 valence electrons. The van der Waals surface area contributed by atoms with Crippen molar-refractivity contribution >= 4 is 5.91 Å². The van der Waals surface area contributed by atoms with Crippen molar-refractivity contribution in [3.05, 3.63) is 0 Å². The first kappa shape index (κ1) is 15.7. The van der Waals surface area contributed by atoms with Crippen LogP contribution in [-0.4, -0.2) is 66.6 Å². The third kappa shape index (κ3) is 4.72. The quantitative estimate of drug-likeness (QED) is 0.783. The van der Waals surface area contributed by atoms with Gasteiger partial charge in [-0.25, -0.2) is 0 Å². The zero-order valence-corrected chi connectivity index (χ0v) is 13.0. The summed E-state index contributed by atoms with van der Waals surface area (Å²) in [6.07, 6.45) is 4.18. The summed E-state index contributed by atoms with van der Waals surface area (Å²) in [5.41, 5.74) is 5.88. The Morgan fingerprint density at radius 3 is 2.30 bits per heavy atom. The predicted molar refractivity (Wildman–Crippen MR) is 81.5 cm³/mol. The van der Waals surface area contributed by atoms with E-state index in [0.717, 1.165) is 51.9 Å². The third-order valence-electron chi connectivity index (χ3n) is 4.62. The van der Waals surface area contributed by atoms with Gasteiger partial charge in [0, 0.05) is 44.3 Å². The zero-order chi connectivity index (χ0) is 14.5. The molecule has 2 aliphatic heterocycles. The van der Waals surface area contributed by atoms with Crippen LogP contribution in [0.5, 0.6) is 0 Å². The summed E-state index contributed by atoms with van der Waals surface area (Å²) in [5, 5.41) is 3.20. The summed E-state index contributed by atoms with van der Waals surface area (Å²) in [4.78, 5) is 16.8. The molecule has 0 unspecified atom stereocenters. The Balaban J connectivity index is 1.65. The number of piperidine rings is 2. The second-order valence-corrected chi connectivity index (χ2v) is 6.59. The normalized spacial score (nSPS) is 24.2. The minimum atomic E-state index is 0.184. The highest BCUT2D eigenvalue weighted by atomic mass is 16.2. The fraction of sp³-hybridized carbons (Fsp3) is 0.933. The lowest BCUT2D eigenvalue weighted by molar-refractivity contribution is -0.123. The summed E-state index contributed by atoms with van der Waals surface area (Å²) in [6.45, 7) is 9.13. The fourth-order valence-electron chi connectivity index (χ4n) is 3.15. The first-order valence-electron chi connectivity index (χ1n) is 8.06. The topological polar surface area (TPSA) is 61.6 Å². The van der Waals surface area contributed by atoms with Crippen LogP contribution in [0, 0.1) is 0 Å². The van der Waals surface area contributed by atoms with E-state index in [9.17, 15) is 4.79 Å². The van der Waals surface area contributed by atoms with Crippen molar-refractivity contribution in [3.63, 3.8) is 0 Å². The monoisotopic (exact) mass is 282 g/mol. The van der Waals surface area contributed by atoms with E-state index in [2.05, 4.69) is 29.0 Å². The molecule has 0 aromatic rings. The number of nitrogens with one attached hydrogen (secondary N) is 1. The SMILES string of the molecule is CC(C)N1CCC(NC(=O)CN2CCC(N)CC2)CC1. The number of nitrogens with two attached hydrogens (primary N) is 1. The molecule has 3 N–H and O–H groups in total. The first-order chi connectivity index (χ1) is 9.54. The van der Waals surface area contributed by atoms with Crippen molar-refractivity contribution in [2.24, 2.45) is 5.73 Å². The second-order valence-electron chi connectivity index (χ2n) is 6.59. The van der Waals surface area contributed by atoms with E-state index in [4.69, 9.17) is 5.73 Å². The summed E-state index contributed by atoms with van der Waals surface area (Å²) >= 11 is 0. The zero-order valence-electron chi connectivity index (χ0n) is 13.0. The molecule has 0 aromatic heterocycles. The molecular formula is C15H30N4O. The molecule has 2 rings (SSSR count). The molecule has 2 saturated heterocycles. The van der Waals surface area contributed by atoms with Crippen LogP contribution in [0.25, 0.3) is 0 Å². The Bertz CT molecular complexity index is 305. The lowest BCUT2D eigenvalue weighted by Crippen LogP contribution is -2.50. The molecule has 0 spiro atoms. The molecule has 5 heteroatoms. The van der Waals surface area contributed by atoms with Gasteiger partial charge in [0.25, 0.3) is 0 Å². The van der Waals surface area contributed by atoms with Gasteiger partial charge in [0.2, 0.25) is 5.91 Å². The average molecular weight is 282 g/mol. The van der Waals surface area contributed by atoms with E-state index in [0.29, 0.717) is 24.7 Å². The summed E-state index contributed by atoms with van der Waals surface area (Å²) < 4.78 is 0. The van der Waals surface area contributed by atoms with Crippen LogP contribution in [0.4, 0.5) is 0 Å². The predicted octanol–water partition coefficient (Wildman–Crippen LogP) is 0.399. The summed E-state index contributed by atoms with van der Waals surface area (Å²) in [7, 11) is 0. The van der Waals surface area contributed by atoms with Crippen LogP contribution in [0.3, 0.4) is 0 Å². The van der Waals surface area contributed by atoms with Gasteiger partial charge in [0.15, 0.2) is 0 Å². The van der Waals surface area contributed by atoms with Crippen molar-refractivity contribution in [2.45, 2.75) is 57.7 Å². The molecule has 0 bridgehead atoms. The smallest absolute Gasteiger partial charge is 0.234 e. The highest BCUT2D eigenvalue weighted by molar-refractivity contribution is 5.78. The molecule has 2 aliphatic rings. The number of rotatable bonds is 4. The Labute approximate surface area is 122 Å². The van der Waals surface area contributed by atoms with Gasteiger partial charge in [-0.15, -0.1) is 0 Å². The number of carbonyl (C=O) groups excluding carboxylic acids is 1. The molecule has 5 nitrogen and oxygen atoms in total. The number of carbonyl (C=O) groups is 1. The number of amides is 1. The maximum atomic E-state index is 12.1. The minimum absolute atomic E-state index is 0.184. The van der Waals surface area contributed by atoms with Gasteiger partial charge in [0.1, 0.15) is 0 Å². The van der Waals surface area contributed by atoms with Crippen LogP contribution < -0.4 is 11.1 Å². The largest absolute Gasteiger partial charge is 0.352 e. The van der Waals surface area contributed by atoms with Gasteiger partial charge in [-0.05, 0) is 39.5 Å². The highest BCUT2D eigenvalue weighted by Gasteiger charge is 2.23. The maximum Gasteiger partial charge on any atom is 0.234 e. The van der Waals surface area contributed by atoms with Crippen molar-refractivity contribution in [3.8, 4) is 0 Å². The van der Waals surface area contributed by atoms with E-state index in [-0.39, 0.29) is 5.91 Å². The average Bonchev–Trinajstić information content (AvgIpc) is 2.42. The molecule has 0 atom stereocenters. The first-order valence-corrected chi connectivity index (χ1v) is 8.06. The van der Waals surface area contributed by atoms with Crippen molar-refractivity contribution < 1.29 is 4.79 Å². The summed E-state index contributed by atoms with van der Waals surface area (Å²) in [6, 6.07) is 1.31. The minimum Gasteiger partial charge on any atom is -0.352 e. The van der Waals surface area contributed by atoms with Crippen molar-refractivity contribution in [2.75, 3.05) is 32.7 Å². The lowest BCUT2D eigenvalue weighted by atomic mass is 10.0. The van der Waals surface area contributed by atoms with Gasteiger partial charge in [0.05, 0.1) is 6.54 Å². The van der Waals surface area contributed by atoms with Gasteiger partial charge >= 0.3 is 0 Å². The fourth-order valence-corrected chi connectivity index (χ4v) is 3.15. The summed E-state index contributed by atoms with van der Waals surface area (Å²) in [5.74, 6) is 0.184. The maximum absolute atomic E-state index is 12.1.